The van der Waals surface area contributed by atoms with E-state index in [1.54, 1.807) is 0 Å². The number of benzene rings is 2. The quantitative estimate of drug-likeness (QED) is 0.883. The molecule has 3 rings (SSSR count). The van der Waals surface area contributed by atoms with Crippen molar-refractivity contribution in [1.29, 1.82) is 0 Å². The van der Waals surface area contributed by atoms with Crippen molar-refractivity contribution in [3.63, 3.8) is 0 Å². The third-order valence-corrected chi connectivity index (χ3v) is 5.29. The Labute approximate surface area is 124 Å². The molecule has 0 heterocycles. The van der Waals surface area contributed by atoms with Crippen LogP contribution in [0.1, 0.15) is 17.5 Å². The standard InChI is InChI=1S/C16H17NO3S/c1-17(21(18,19)20)15-12-16(15,13-8-4-2-5-9-13)14-10-6-3-7-11-14/h2-11,15H,12H2,1H3,(H,18,19,20). The molecule has 0 aliphatic heterocycles. The van der Waals surface area contributed by atoms with Gasteiger partial charge in [0.1, 0.15) is 0 Å². The summed E-state index contributed by atoms with van der Waals surface area (Å²) in [4.78, 5) is 0. The first-order valence-electron chi connectivity index (χ1n) is 6.78. The van der Waals surface area contributed by atoms with Gasteiger partial charge in [0.25, 0.3) is 0 Å². The van der Waals surface area contributed by atoms with Gasteiger partial charge < -0.3 is 0 Å². The molecule has 2 aromatic carbocycles. The second-order valence-electron chi connectivity index (χ2n) is 5.42. The zero-order valence-electron chi connectivity index (χ0n) is 11.7. The lowest BCUT2D eigenvalue weighted by Gasteiger charge is -2.22. The molecule has 0 aromatic heterocycles. The Bertz CT molecular complexity index is 689. The maximum atomic E-state index is 11.4. The number of hydrogen-bond donors (Lipinski definition) is 1. The monoisotopic (exact) mass is 303 g/mol. The Kier molecular flexibility index (Phi) is 3.36. The van der Waals surface area contributed by atoms with Crippen LogP contribution in [0.4, 0.5) is 0 Å². The molecule has 0 saturated heterocycles. The van der Waals surface area contributed by atoms with Crippen molar-refractivity contribution >= 4 is 10.3 Å². The first kappa shape index (κ1) is 14.3. The summed E-state index contributed by atoms with van der Waals surface area (Å²) in [5.74, 6) is 0. The normalized spacial score (nSPS) is 20.4. The molecule has 21 heavy (non-hydrogen) atoms. The maximum Gasteiger partial charge on any atom is 0.335 e. The van der Waals surface area contributed by atoms with E-state index < -0.39 is 10.3 Å². The molecular weight excluding hydrogens is 286 g/mol. The number of rotatable bonds is 4. The van der Waals surface area contributed by atoms with Gasteiger partial charge in [-0.2, -0.15) is 12.7 Å². The van der Waals surface area contributed by atoms with Crippen LogP contribution < -0.4 is 0 Å². The van der Waals surface area contributed by atoms with Gasteiger partial charge in [0.05, 0.1) is 0 Å². The predicted octanol–water partition coefficient (Wildman–Crippen LogP) is 2.48. The second-order valence-corrected chi connectivity index (χ2v) is 6.89. The number of nitrogens with zero attached hydrogens (tertiary/aromatic N) is 1. The molecule has 1 aliphatic rings. The van der Waals surface area contributed by atoms with Crippen molar-refractivity contribution < 1.29 is 13.0 Å². The molecule has 0 bridgehead atoms. The van der Waals surface area contributed by atoms with E-state index in [1.165, 1.54) is 7.05 Å². The van der Waals surface area contributed by atoms with Crippen LogP contribution in [-0.4, -0.2) is 30.4 Å². The van der Waals surface area contributed by atoms with Crippen LogP contribution in [0.5, 0.6) is 0 Å². The fourth-order valence-corrected chi connectivity index (χ4v) is 3.68. The third kappa shape index (κ3) is 2.37. The van der Waals surface area contributed by atoms with Crippen molar-refractivity contribution in [2.45, 2.75) is 17.9 Å². The predicted molar refractivity (Wildman–Crippen MR) is 81.4 cm³/mol. The number of hydrogen-bond acceptors (Lipinski definition) is 2. The number of likely N-dealkylation sites (N-methyl/N-ethyl adjacent to an activating group) is 1. The van der Waals surface area contributed by atoms with Gasteiger partial charge in [-0.15, -0.1) is 0 Å². The summed E-state index contributed by atoms with van der Waals surface area (Å²) in [7, 11) is -2.77. The van der Waals surface area contributed by atoms with Gasteiger partial charge in [-0.25, -0.2) is 0 Å². The molecule has 1 N–H and O–H groups in total. The minimum atomic E-state index is -4.19. The molecule has 1 aliphatic carbocycles. The lowest BCUT2D eigenvalue weighted by Crippen LogP contribution is -2.33. The molecule has 0 amide bonds. The summed E-state index contributed by atoms with van der Waals surface area (Å²) >= 11 is 0. The van der Waals surface area contributed by atoms with Crippen LogP contribution in [-0.2, 0) is 15.7 Å². The van der Waals surface area contributed by atoms with E-state index in [9.17, 15) is 13.0 Å². The summed E-state index contributed by atoms with van der Waals surface area (Å²) < 4.78 is 33.3. The summed E-state index contributed by atoms with van der Waals surface area (Å²) in [5, 5.41) is 0. The van der Waals surface area contributed by atoms with E-state index in [2.05, 4.69) is 0 Å². The van der Waals surface area contributed by atoms with Crippen molar-refractivity contribution in [3.8, 4) is 0 Å². The highest BCUT2D eigenvalue weighted by Crippen LogP contribution is 2.56. The minimum Gasteiger partial charge on any atom is -0.273 e. The second kappa shape index (κ2) is 4.94. The van der Waals surface area contributed by atoms with E-state index in [0.717, 1.165) is 15.4 Å². The summed E-state index contributed by atoms with van der Waals surface area (Å²) in [6.45, 7) is 0. The van der Waals surface area contributed by atoms with Crippen LogP contribution in [0.3, 0.4) is 0 Å². The van der Waals surface area contributed by atoms with Crippen molar-refractivity contribution in [2.24, 2.45) is 0 Å². The molecule has 1 fully saturated rings. The third-order valence-electron chi connectivity index (χ3n) is 4.30. The average Bonchev–Trinajstić information content (AvgIpc) is 3.24. The van der Waals surface area contributed by atoms with Crippen LogP contribution in [0.2, 0.25) is 0 Å². The molecule has 0 radical (unpaired) electrons. The van der Waals surface area contributed by atoms with Crippen LogP contribution >= 0.6 is 0 Å². The molecule has 5 heteroatoms. The summed E-state index contributed by atoms with van der Waals surface area (Å²) in [6.07, 6.45) is 0.664. The fourth-order valence-electron chi connectivity index (χ4n) is 3.10. The Morgan fingerprint density at radius 3 is 1.81 bits per heavy atom. The van der Waals surface area contributed by atoms with Gasteiger partial charge in [-0.1, -0.05) is 60.7 Å². The van der Waals surface area contributed by atoms with Crippen LogP contribution in [0, 0.1) is 0 Å². The topological polar surface area (TPSA) is 57.6 Å². The molecule has 4 nitrogen and oxygen atoms in total. The van der Waals surface area contributed by atoms with Gasteiger partial charge in [0, 0.05) is 18.5 Å². The molecule has 0 spiro atoms. The molecule has 2 aromatic rings. The molecule has 1 unspecified atom stereocenters. The molecule has 1 saturated carbocycles. The van der Waals surface area contributed by atoms with Gasteiger partial charge in [0.2, 0.25) is 0 Å². The maximum absolute atomic E-state index is 11.4. The van der Waals surface area contributed by atoms with Crippen molar-refractivity contribution in [1.82, 2.24) is 4.31 Å². The largest absolute Gasteiger partial charge is 0.335 e. The zero-order valence-corrected chi connectivity index (χ0v) is 12.5. The zero-order chi connectivity index (χ0) is 15.1. The lowest BCUT2D eigenvalue weighted by atomic mass is 9.87. The van der Waals surface area contributed by atoms with E-state index in [0.29, 0.717) is 6.42 Å². The smallest absolute Gasteiger partial charge is 0.273 e. The highest BCUT2D eigenvalue weighted by Gasteiger charge is 2.60. The summed E-state index contributed by atoms with van der Waals surface area (Å²) in [5.41, 5.74) is 1.75. The fraction of sp³-hybridized carbons (Fsp3) is 0.250. The molecule has 110 valence electrons. The summed E-state index contributed by atoms with van der Waals surface area (Å²) in [6, 6.07) is 19.4. The van der Waals surface area contributed by atoms with E-state index in [-0.39, 0.29) is 11.5 Å². The lowest BCUT2D eigenvalue weighted by molar-refractivity contribution is 0.371. The van der Waals surface area contributed by atoms with Crippen LogP contribution in [0.25, 0.3) is 0 Å². The van der Waals surface area contributed by atoms with E-state index in [4.69, 9.17) is 0 Å². The van der Waals surface area contributed by atoms with Crippen molar-refractivity contribution in [2.75, 3.05) is 7.05 Å². The van der Waals surface area contributed by atoms with E-state index in [1.807, 2.05) is 60.7 Å². The Morgan fingerprint density at radius 1 is 1.00 bits per heavy atom. The van der Waals surface area contributed by atoms with Crippen molar-refractivity contribution in [3.05, 3.63) is 71.8 Å². The van der Waals surface area contributed by atoms with Gasteiger partial charge in [-0.3, -0.25) is 4.55 Å². The Hall–Kier alpha value is -1.69. The SMILES string of the molecule is CN(C1CC1(c1ccccc1)c1ccccc1)S(=O)(=O)O. The van der Waals surface area contributed by atoms with Gasteiger partial charge in [0.15, 0.2) is 0 Å². The highest BCUT2D eigenvalue weighted by atomic mass is 32.2. The molecule has 1 atom stereocenters. The van der Waals surface area contributed by atoms with Gasteiger partial charge in [-0.05, 0) is 17.5 Å². The first-order chi connectivity index (χ1) is 9.96. The van der Waals surface area contributed by atoms with Gasteiger partial charge >= 0.3 is 10.3 Å². The first-order valence-corrected chi connectivity index (χ1v) is 8.17. The van der Waals surface area contributed by atoms with E-state index >= 15 is 0 Å². The van der Waals surface area contributed by atoms with Crippen LogP contribution in [0.15, 0.2) is 60.7 Å². The molecular formula is C16H17NO3S. The minimum absolute atomic E-state index is 0.266. The Morgan fingerprint density at radius 2 is 1.43 bits per heavy atom. The Balaban J connectivity index is 2.08. The average molecular weight is 303 g/mol. The highest BCUT2D eigenvalue weighted by molar-refractivity contribution is 7.83.